The van der Waals surface area contributed by atoms with Gasteiger partial charge in [-0.1, -0.05) is 12.1 Å². The third-order valence-electron chi connectivity index (χ3n) is 3.14. The Balaban J connectivity index is 1.60. The van der Waals surface area contributed by atoms with Crippen LogP contribution in [0.15, 0.2) is 47.5 Å². The van der Waals surface area contributed by atoms with E-state index in [0.29, 0.717) is 24.7 Å². The Morgan fingerprint density at radius 1 is 1.23 bits per heavy atom. The van der Waals surface area contributed by atoms with Crippen LogP contribution in [0.1, 0.15) is 0 Å². The van der Waals surface area contributed by atoms with Gasteiger partial charge in [0.1, 0.15) is 23.4 Å². The third-order valence-corrected chi connectivity index (χ3v) is 4.04. The highest BCUT2D eigenvalue weighted by atomic mass is 32.2. The Morgan fingerprint density at radius 2 is 2.00 bits per heavy atom. The molecule has 1 aromatic carbocycles. The Labute approximate surface area is 128 Å². The topological polar surface area (TPSA) is 104 Å². The van der Waals surface area contributed by atoms with Gasteiger partial charge in [-0.05, 0) is 24.3 Å². The summed E-state index contributed by atoms with van der Waals surface area (Å²) in [6, 6.07) is 10.4. The van der Waals surface area contributed by atoms with Gasteiger partial charge in [0.15, 0.2) is 11.5 Å². The second kappa shape index (κ2) is 5.82. The van der Waals surface area contributed by atoms with E-state index < -0.39 is 10.0 Å². The number of pyridine rings is 1. The molecule has 0 amide bonds. The molecule has 22 heavy (non-hydrogen) atoms. The molecule has 0 aliphatic carbocycles. The largest absolute Gasteiger partial charge is 0.486 e. The van der Waals surface area contributed by atoms with Crippen LogP contribution in [0.5, 0.6) is 11.5 Å². The zero-order valence-electron chi connectivity index (χ0n) is 11.6. The summed E-state index contributed by atoms with van der Waals surface area (Å²) in [5.41, 5.74) is 0. The van der Waals surface area contributed by atoms with Crippen molar-refractivity contribution < 1.29 is 17.9 Å². The maximum Gasteiger partial charge on any atom is 0.239 e. The zero-order valence-corrected chi connectivity index (χ0v) is 12.4. The molecule has 1 atom stereocenters. The Hall–Kier alpha value is -2.32. The number of para-hydroxylation sites is 2. The molecule has 0 fully saturated rings. The number of hydrogen-bond acceptors (Lipinski definition) is 6. The fourth-order valence-corrected chi connectivity index (χ4v) is 2.49. The summed E-state index contributed by atoms with van der Waals surface area (Å²) in [5, 5.41) is 8.09. The Kier molecular flexibility index (Phi) is 3.86. The summed E-state index contributed by atoms with van der Waals surface area (Å²) >= 11 is 0. The maximum absolute atomic E-state index is 11.1. The number of ether oxygens (including phenoxy) is 2. The van der Waals surface area contributed by atoms with Crippen molar-refractivity contribution in [2.75, 3.05) is 18.5 Å². The number of nitrogens with one attached hydrogen (secondary N) is 1. The van der Waals surface area contributed by atoms with Crippen LogP contribution in [-0.2, 0) is 10.0 Å². The van der Waals surface area contributed by atoms with Crippen LogP contribution >= 0.6 is 0 Å². The number of benzene rings is 1. The van der Waals surface area contributed by atoms with E-state index in [4.69, 9.17) is 14.6 Å². The van der Waals surface area contributed by atoms with E-state index in [9.17, 15) is 8.42 Å². The lowest BCUT2D eigenvalue weighted by Crippen LogP contribution is -2.35. The summed E-state index contributed by atoms with van der Waals surface area (Å²) in [4.78, 5) is 3.98. The van der Waals surface area contributed by atoms with E-state index in [1.807, 2.05) is 24.3 Å². The van der Waals surface area contributed by atoms with Crippen molar-refractivity contribution in [3.63, 3.8) is 0 Å². The van der Waals surface area contributed by atoms with Crippen LogP contribution in [0.3, 0.4) is 0 Å². The molecule has 0 spiro atoms. The molecular formula is C14H15N3O4S. The van der Waals surface area contributed by atoms with Crippen molar-refractivity contribution in [1.29, 1.82) is 0 Å². The average molecular weight is 321 g/mol. The number of sulfonamides is 1. The molecule has 1 aliphatic rings. The van der Waals surface area contributed by atoms with Crippen LogP contribution in [0.25, 0.3) is 0 Å². The van der Waals surface area contributed by atoms with Crippen molar-refractivity contribution in [2.24, 2.45) is 5.14 Å². The lowest BCUT2D eigenvalue weighted by Gasteiger charge is -2.26. The molecule has 0 radical (unpaired) electrons. The predicted molar refractivity (Wildman–Crippen MR) is 80.5 cm³/mol. The quantitative estimate of drug-likeness (QED) is 0.870. The van der Waals surface area contributed by atoms with E-state index in [1.165, 1.54) is 12.3 Å². The first-order valence-electron chi connectivity index (χ1n) is 6.63. The molecule has 1 aromatic heterocycles. The van der Waals surface area contributed by atoms with Crippen LogP contribution in [-0.4, -0.2) is 32.7 Å². The van der Waals surface area contributed by atoms with E-state index in [0.717, 1.165) is 5.75 Å². The average Bonchev–Trinajstić information content (AvgIpc) is 2.52. The third kappa shape index (κ3) is 3.29. The summed E-state index contributed by atoms with van der Waals surface area (Å²) < 4.78 is 33.7. The second-order valence-electron chi connectivity index (χ2n) is 4.80. The van der Waals surface area contributed by atoms with Crippen molar-refractivity contribution >= 4 is 15.8 Å². The SMILES string of the molecule is NS(=O)(=O)c1ccc(NCC2COc3ccccc3O2)nc1. The van der Waals surface area contributed by atoms with Gasteiger partial charge in [-0.2, -0.15) is 0 Å². The Morgan fingerprint density at radius 3 is 2.68 bits per heavy atom. The highest BCUT2D eigenvalue weighted by Gasteiger charge is 2.20. The zero-order chi connectivity index (χ0) is 15.6. The first-order chi connectivity index (χ1) is 10.5. The number of nitrogens with two attached hydrogens (primary N) is 1. The maximum atomic E-state index is 11.1. The molecule has 116 valence electrons. The van der Waals surface area contributed by atoms with E-state index in [1.54, 1.807) is 6.07 Å². The van der Waals surface area contributed by atoms with Gasteiger partial charge in [-0.15, -0.1) is 0 Å². The number of nitrogens with zero attached hydrogens (tertiary/aromatic N) is 1. The lowest BCUT2D eigenvalue weighted by molar-refractivity contribution is 0.0997. The molecule has 3 rings (SSSR count). The molecular weight excluding hydrogens is 306 g/mol. The highest BCUT2D eigenvalue weighted by Crippen LogP contribution is 2.30. The second-order valence-corrected chi connectivity index (χ2v) is 6.36. The molecule has 8 heteroatoms. The molecule has 1 aliphatic heterocycles. The van der Waals surface area contributed by atoms with Gasteiger partial charge in [0.25, 0.3) is 0 Å². The molecule has 2 aromatic rings. The summed E-state index contributed by atoms with van der Waals surface area (Å²) in [7, 11) is -3.72. The lowest BCUT2D eigenvalue weighted by atomic mass is 10.2. The minimum Gasteiger partial charge on any atom is -0.486 e. The monoisotopic (exact) mass is 321 g/mol. The molecule has 0 bridgehead atoms. The van der Waals surface area contributed by atoms with Crippen LogP contribution < -0.4 is 19.9 Å². The summed E-state index contributed by atoms with van der Waals surface area (Å²) in [5.74, 6) is 1.97. The van der Waals surface area contributed by atoms with Crippen molar-refractivity contribution in [3.8, 4) is 11.5 Å². The number of hydrogen-bond donors (Lipinski definition) is 2. The van der Waals surface area contributed by atoms with Crippen LogP contribution in [0.4, 0.5) is 5.82 Å². The number of rotatable bonds is 4. The molecule has 0 saturated heterocycles. The van der Waals surface area contributed by atoms with Gasteiger partial charge in [-0.3, -0.25) is 0 Å². The van der Waals surface area contributed by atoms with Crippen LogP contribution in [0, 0.1) is 0 Å². The van der Waals surface area contributed by atoms with E-state index in [-0.39, 0.29) is 11.0 Å². The minimum atomic E-state index is -3.72. The number of fused-ring (bicyclic) bond motifs is 1. The molecule has 2 heterocycles. The minimum absolute atomic E-state index is 0.0239. The molecule has 0 saturated carbocycles. The smallest absolute Gasteiger partial charge is 0.239 e. The fourth-order valence-electron chi connectivity index (χ4n) is 2.04. The van der Waals surface area contributed by atoms with E-state index in [2.05, 4.69) is 10.3 Å². The fraction of sp³-hybridized carbons (Fsp3) is 0.214. The summed E-state index contributed by atoms with van der Waals surface area (Å²) in [6.45, 7) is 0.912. The van der Waals surface area contributed by atoms with E-state index >= 15 is 0 Å². The number of anilines is 1. The summed E-state index contributed by atoms with van der Waals surface area (Å²) in [6.07, 6.45) is 1.06. The number of primary sulfonamides is 1. The molecule has 3 N–H and O–H groups in total. The molecule has 1 unspecified atom stereocenters. The highest BCUT2D eigenvalue weighted by molar-refractivity contribution is 7.89. The standard InChI is InChI=1S/C14H15N3O4S/c15-22(18,19)11-5-6-14(17-8-11)16-7-10-9-20-12-3-1-2-4-13(12)21-10/h1-6,8,10H,7,9H2,(H,16,17)(H2,15,18,19). The van der Waals surface area contributed by atoms with Crippen molar-refractivity contribution in [3.05, 3.63) is 42.6 Å². The Bertz CT molecular complexity index is 762. The van der Waals surface area contributed by atoms with Gasteiger partial charge in [0, 0.05) is 6.20 Å². The predicted octanol–water partition coefficient (Wildman–Crippen LogP) is 0.981. The van der Waals surface area contributed by atoms with Gasteiger partial charge in [-0.25, -0.2) is 18.5 Å². The van der Waals surface area contributed by atoms with Crippen LogP contribution in [0.2, 0.25) is 0 Å². The first kappa shape index (κ1) is 14.6. The van der Waals surface area contributed by atoms with Gasteiger partial charge in [0.2, 0.25) is 10.0 Å². The van der Waals surface area contributed by atoms with Gasteiger partial charge < -0.3 is 14.8 Å². The normalized spacial score (nSPS) is 17.0. The van der Waals surface area contributed by atoms with Crippen molar-refractivity contribution in [1.82, 2.24) is 4.98 Å². The van der Waals surface area contributed by atoms with Gasteiger partial charge in [0.05, 0.1) is 6.54 Å². The van der Waals surface area contributed by atoms with Crippen molar-refractivity contribution in [2.45, 2.75) is 11.0 Å². The first-order valence-corrected chi connectivity index (χ1v) is 8.18. The van der Waals surface area contributed by atoms with Gasteiger partial charge >= 0.3 is 0 Å². The molecule has 7 nitrogen and oxygen atoms in total. The number of aromatic nitrogens is 1.